The van der Waals surface area contributed by atoms with Gasteiger partial charge in [-0.1, -0.05) is 30.3 Å². The van der Waals surface area contributed by atoms with Gasteiger partial charge >= 0.3 is 0 Å². The molecule has 0 saturated heterocycles. The molecule has 20 heavy (non-hydrogen) atoms. The number of imidazole rings is 1. The summed E-state index contributed by atoms with van der Waals surface area (Å²) < 4.78 is 2.06. The number of hydrogen-bond donors (Lipinski definition) is 0. The molecule has 1 aromatic carbocycles. The van der Waals surface area contributed by atoms with E-state index in [9.17, 15) is 5.21 Å². The molecule has 0 atom stereocenters. The van der Waals surface area contributed by atoms with Crippen LogP contribution >= 0.6 is 0 Å². The SMILES string of the molecule is Cn1c(-c2ccccc2)nc2c1C(C)(C)N([O])C2(C)C. The fraction of sp³-hybridized carbons (Fsp3) is 0.438. The van der Waals surface area contributed by atoms with Crippen LogP contribution in [0.25, 0.3) is 11.4 Å². The van der Waals surface area contributed by atoms with Gasteiger partial charge in [0.25, 0.3) is 0 Å². The van der Waals surface area contributed by atoms with Crippen LogP contribution in [-0.4, -0.2) is 14.6 Å². The van der Waals surface area contributed by atoms with E-state index in [0.717, 1.165) is 27.8 Å². The van der Waals surface area contributed by atoms with Gasteiger partial charge in [-0.2, -0.15) is 0 Å². The van der Waals surface area contributed by atoms with Crippen LogP contribution in [-0.2, 0) is 23.3 Å². The molecule has 4 nitrogen and oxygen atoms in total. The second-order valence-electron chi connectivity index (χ2n) is 6.47. The van der Waals surface area contributed by atoms with Gasteiger partial charge in [-0.05, 0) is 27.7 Å². The molecule has 3 rings (SSSR count). The van der Waals surface area contributed by atoms with Gasteiger partial charge in [-0.3, -0.25) is 0 Å². The fourth-order valence-electron chi connectivity index (χ4n) is 3.36. The molecule has 1 aliphatic heterocycles. The zero-order valence-electron chi connectivity index (χ0n) is 12.6. The Morgan fingerprint density at radius 1 is 1.00 bits per heavy atom. The summed E-state index contributed by atoms with van der Waals surface area (Å²) in [5, 5.41) is 13.7. The highest BCUT2D eigenvalue weighted by Crippen LogP contribution is 2.48. The Morgan fingerprint density at radius 3 is 2.15 bits per heavy atom. The van der Waals surface area contributed by atoms with Crippen molar-refractivity contribution in [1.82, 2.24) is 14.6 Å². The summed E-state index contributed by atoms with van der Waals surface area (Å²) in [5.74, 6) is 0.921. The number of fused-ring (bicyclic) bond motifs is 1. The first-order valence-corrected chi connectivity index (χ1v) is 6.88. The topological polar surface area (TPSA) is 41.0 Å². The van der Waals surface area contributed by atoms with Crippen molar-refractivity contribution in [3.05, 3.63) is 41.7 Å². The molecule has 1 aliphatic rings. The number of hydrogen-bond acceptors (Lipinski definition) is 2. The zero-order valence-corrected chi connectivity index (χ0v) is 12.6. The molecule has 0 unspecified atom stereocenters. The molecule has 0 bridgehead atoms. The highest BCUT2D eigenvalue weighted by Gasteiger charge is 2.53. The van der Waals surface area contributed by atoms with Crippen molar-refractivity contribution in [2.75, 3.05) is 0 Å². The van der Waals surface area contributed by atoms with Gasteiger partial charge in [0.1, 0.15) is 5.82 Å². The predicted molar refractivity (Wildman–Crippen MR) is 77.2 cm³/mol. The van der Waals surface area contributed by atoms with Crippen molar-refractivity contribution in [3.63, 3.8) is 0 Å². The maximum absolute atomic E-state index is 12.5. The number of hydroxylamine groups is 2. The molecular formula is C16H20N3O. The van der Waals surface area contributed by atoms with Crippen LogP contribution in [0.3, 0.4) is 0 Å². The van der Waals surface area contributed by atoms with Crippen LogP contribution in [0.1, 0.15) is 39.1 Å². The van der Waals surface area contributed by atoms with Crippen LogP contribution < -0.4 is 0 Å². The standard InChI is InChI=1S/C16H20N3O/c1-15(2)12-13(16(3,4)19(15)20)18(5)14(17-12)11-9-7-6-8-10-11/h6-10H,1-5H3. The van der Waals surface area contributed by atoms with E-state index in [1.54, 1.807) is 0 Å². The van der Waals surface area contributed by atoms with E-state index in [0.29, 0.717) is 0 Å². The molecule has 0 aliphatic carbocycles. The predicted octanol–water partition coefficient (Wildman–Crippen LogP) is 3.22. The number of nitrogens with zero attached hydrogens (tertiary/aromatic N) is 3. The van der Waals surface area contributed by atoms with Crippen molar-refractivity contribution in [1.29, 1.82) is 0 Å². The van der Waals surface area contributed by atoms with E-state index >= 15 is 0 Å². The van der Waals surface area contributed by atoms with Crippen LogP contribution in [0.2, 0.25) is 0 Å². The van der Waals surface area contributed by atoms with Crippen LogP contribution in [0.4, 0.5) is 0 Å². The van der Waals surface area contributed by atoms with Crippen molar-refractivity contribution in [2.45, 2.75) is 38.8 Å². The first kappa shape index (κ1) is 13.3. The van der Waals surface area contributed by atoms with Gasteiger partial charge < -0.3 is 4.57 Å². The van der Waals surface area contributed by atoms with E-state index in [1.807, 2.05) is 65.1 Å². The lowest BCUT2D eigenvalue weighted by molar-refractivity contribution is -0.267. The molecule has 105 valence electrons. The Balaban J connectivity index is 2.26. The first-order valence-electron chi connectivity index (χ1n) is 6.88. The molecule has 0 spiro atoms. The maximum Gasteiger partial charge on any atom is 0.140 e. The Hall–Kier alpha value is -1.65. The van der Waals surface area contributed by atoms with Crippen LogP contribution in [0.15, 0.2) is 30.3 Å². The lowest BCUT2D eigenvalue weighted by Gasteiger charge is -2.32. The van der Waals surface area contributed by atoms with Crippen molar-refractivity contribution in [3.8, 4) is 11.4 Å². The second kappa shape index (κ2) is 3.93. The van der Waals surface area contributed by atoms with Gasteiger partial charge in [0.05, 0.1) is 22.5 Å². The quantitative estimate of drug-likeness (QED) is 0.798. The van der Waals surface area contributed by atoms with Crippen molar-refractivity contribution < 1.29 is 5.21 Å². The van der Waals surface area contributed by atoms with Gasteiger partial charge in [0, 0.05) is 12.6 Å². The maximum atomic E-state index is 12.5. The summed E-state index contributed by atoms with van der Waals surface area (Å²) in [5.41, 5.74) is 1.82. The third-order valence-electron chi connectivity index (χ3n) is 4.30. The van der Waals surface area contributed by atoms with Crippen LogP contribution in [0.5, 0.6) is 0 Å². The monoisotopic (exact) mass is 270 g/mol. The Kier molecular flexibility index (Phi) is 2.62. The van der Waals surface area contributed by atoms with Crippen molar-refractivity contribution in [2.24, 2.45) is 7.05 Å². The van der Waals surface area contributed by atoms with Crippen LogP contribution in [0, 0.1) is 0 Å². The third kappa shape index (κ3) is 1.52. The average Bonchev–Trinajstić information content (AvgIpc) is 2.82. The Morgan fingerprint density at radius 2 is 1.60 bits per heavy atom. The van der Waals surface area contributed by atoms with Gasteiger partial charge in [0.15, 0.2) is 0 Å². The Bertz CT molecular complexity index is 656. The third-order valence-corrected chi connectivity index (χ3v) is 4.30. The highest BCUT2D eigenvalue weighted by molar-refractivity contribution is 5.58. The highest BCUT2D eigenvalue weighted by atomic mass is 16.5. The summed E-state index contributed by atoms with van der Waals surface area (Å²) in [6.45, 7) is 7.80. The second-order valence-corrected chi connectivity index (χ2v) is 6.47. The van der Waals surface area contributed by atoms with Crippen molar-refractivity contribution >= 4 is 0 Å². The Labute approximate surface area is 119 Å². The minimum absolute atomic E-state index is 0.562. The summed E-state index contributed by atoms with van der Waals surface area (Å²) in [7, 11) is 1.99. The molecule has 0 N–H and O–H groups in total. The van der Waals surface area contributed by atoms with E-state index in [4.69, 9.17) is 4.98 Å². The molecule has 2 aromatic rings. The normalized spacial score (nSPS) is 20.1. The van der Waals surface area contributed by atoms with Gasteiger partial charge in [0.2, 0.25) is 0 Å². The molecule has 0 fully saturated rings. The minimum atomic E-state index is -0.594. The average molecular weight is 270 g/mol. The molecule has 2 heterocycles. The van der Waals surface area contributed by atoms with E-state index in [2.05, 4.69) is 4.57 Å². The molecule has 1 radical (unpaired) electrons. The molecule has 0 saturated carbocycles. The summed E-state index contributed by atoms with van der Waals surface area (Å²) in [6, 6.07) is 10.1. The van der Waals surface area contributed by atoms with Gasteiger partial charge in [-0.25, -0.2) is 4.98 Å². The molecule has 4 heteroatoms. The minimum Gasteiger partial charge on any atom is -0.329 e. The lowest BCUT2D eigenvalue weighted by Crippen LogP contribution is -2.42. The summed E-state index contributed by atoms with van der Waals surface area (Å²) in [4.78, 5) is 4.78. The number of rotatable bonds is 1. The summed E-state index contributed by atoms with van der Waals surface area (Å²) >= 11 is 0. The summed E-state index contributed by atoms with van der Waals surface area (Å²) in [6.07, 6.45) is 0. The van der Waals surface area contributed by atoms with E-state index < -0.39 is 11.1 Å². The number of aromatic nitrogens is 2. The van der Waals surface area contributed by atoms with Gasteiger partial charge in [-0.15, -0.1) is 10.3 Å². The number of benzene rings is 1. The van der Waals surface area contributed by atoms with E-state index in [1.165, 1.54) is 0 Å². The molecule has 1 aromatic heterocycles. The first-order chi connectivity index (χ1) is 9.28. The zero-order chi connectivity index (χ0) is 14.7. The van der Waals surface area contributed by atoms with E-state index in [-0.39, 0.29) is 0 Å². The smallest absolute Gasteiger partial charge is 0.140 e. The molecular weight excluding hydrogens is 250 g/mol. The largest absolute Gasteiger partial charge is 0.329 e. The lowest BCUT2D eigenvalue weighted by atomic mass is 10.0. The fourth-order valence-corrected chi connectivity index (χ4v) is 3.36. The molecule has 0 amide bonds.